The monoisotopic (exact) mass is 931 g/mol. The molecule has 4 aromatic heterocycles. The molecule has 0 unspecified atom stereocenters. The molecule has 13 nitrogen and oxygen atoms in total. The second-order valence-corrected chi connectivity index (χ2v) is 13.2. The van der Waals surface area contributed by atoms with Crippen LogP contribution in [-0.4, -0.2) is 34.7 Å². The highest BCUT2D eigenvalue weighted by Gasteiger charge is 2.41. The zero-order valence-electron chi connectivity index (χ0n) is 30.3. The minimum atomic E-state index is -2.83. The molecule has 65 heavy (non-hydrogen) atoms. The van der Waals surface area contributed by atoms with E-state index in [4.69, 9.17) is 0 Å². The topological polar surface area (TPSA) is 190 Å². The standard InChI is InChI=1S/C37H8F15N7O6/c38-18-15(19(39)25(45)30(50)24(18)44)12-6-1-3-8(53-6)13(16-20(40)26(46)31(51)27(47)21(16)41)34-11(57(60)61)5-10(55-34)33-36(58(62)63)37(59(64)65)35(56-33)14(9-4-2-7(12)54-9)17-22(42)28(48)32(52)29(49)23(17)43/h1-5,53-54,56H. The van der Waals surface area contributed by atoms with E-state index >= 15 is 26.3 Å². The lowest BCUT2D eigenvalue weighted by molar-refractivity contribution is -0.419. The molecule has 1 aliphatic rings. The highest BCUT2D eigenvalue weighted by atomic mass is 19.2. The van der Waals surface area contributed by atoms with Crippen molar-refractivity contribution in [2.24, 2.45) is 0 Å². The van der Waals surface area contributed by atoms with Crippen LogP contribution in [0.5, 0.6) is 0 Å². The van der Waals surface area contributed by atoms with Crippen molar-refractivity contribution in [2.75, 3.05) is 0 Å². The summed E-state index contributed by atoms with van der Waals surface area (Å²) in [5.74, 6) is -41.2. The Kier molecular flexibility index (Phi) is 9.86. The maximum atomic E-state index is 15.8. The molecule has 0 spiro atoms. The predicted octanol–water partition coefficient (Wildman–Crippen LogP) is 11.2. The van der Waals surface area contributed by atoms with Crippen LogP contribution in [0.3, 0.4) is 0 Å². The number of halogens is 15. The number of aromatic nitrogens is 4. The second kappa shape index (κ2) is 14.8. The van der Waals surface area contributed by atoms with E-state index in [1.165, 1.54) is 0 Å². The van der Waals surface area contributed by atoms with Gasteiger partial charge in [-0.25, -0.2) is 70.8 Å². The summed E-state index contributed by atoms with van der Waals surface area (Å²) >= 11 is 0. The van der Waals surface area contributed by atoms with Crippen molar-refractivity contribution in [1.82, 2.24) is 19.9 Å². The fraction of sp³-hybridized carbons (Fsp3) is 0. The molecule has 7 aromatic rings. The molecule has 3 aromatic carbocycles. The summed E-state index contributed by atoms with van der Waals surface area (Å²) in [6.45, 7) is 0. The number of rotatable bonds is 6. The van der Waals surface area contributed by atoms with E-state index < -0.39 is 197 Å². The summed E-state index contributed by atoms with van der Waals surface area (Å²) in [5.41, 5.74) is -26.7. The van der Waals surface area contributed by atoms with Gasteiger partial charge in [0.2, 0.25) is 17.5 Å². The first-order valence-corrected chi connectivity index (χ1v) is 16.9. The largest absolute Gasteiger partial charge is 0.373 e. The van der Waals surface area contributed by atoms with Crippen LogP contribution in [0.15, 0.2) is 24.3 Å². The number of nitrogens with one attached hydrogen (secondary N) is 3. The van der Waals surface area contributed by atoms with E-state index in [-0.39, 0.29) is 6.08 Å². The summed E-state index contributed by atoms with van der Waals surface area (Å²) in [4.78, 5) is 42.8. The summed E-state index contributed by atoms with van der Waals surface area (Å²) < 4.78 is 227. The lowest BCUT2D eigenvalue weighted by Crippen LogP contribution is -2.07. The molecule has 0 saturated carbocycles. The van der Waals surface area contributed by atoms with E-state index in [0.717, 1.165) is 0 Å². The molecule has 28 heteroatoms. The number of fused-ring (bicyclic) bond motifs is 9. The van der Waals surface area contributed by atoms with Gasteiger partial charge >= 0.3 is 11.4 Å². The van der Waals surface area contributed by atoms with Crippen molar-refractivity contribution < 1.29 is 80.6 Å². The molecule has 0 saturated heterocycles. The Balaban J connectivity index is 1.79. The molecule has 0 amide bonds. The molecular weight excluding hydrogens is 923 g/mol. The van der Waals surface area contributed by atoms with Gasteiger partial charge in [0, 0.05) is 44.8 Å². The van der Waals surface area contributed by atoms with Crippen LogP contribution in [0, 0.1) is 118 Å². The van der Waals surface area contributed by atoms with Crippen molar-refractivity contribution in [2.45, 2.75) is 0 Å². The molecule has 332 valence electrons. The van der Waals surface area contributed by atoms with Gasteiger partial charge in [-0.3, -0.25) is 30.3 Å². The van der Waals surface area contributed by atoms with Gasteiger partial charge in [-0.15, -0.1) is 0 Å². The normalized spacial score (nSPS) is 12.1. The number of benzene rings is 3. The Morgan fingerprint density at radius 3 is 1.05 bits per heavy atom. The van der Waals surface area contributed by atoms with Gasteiger partial charge in [-0.2, -0.15) is 0 Å². The lowest BCUT2D eigenvalue weighted by Gasteiger charge is -2.11. The third-order valence-corrected chi connectivity index (χ3v) is 9.83. The fourth-order valence-corrected chi connectivity index (χ4v) is 7.10. The average molecular weight is 931 g/mol. The Bertz CT molecular complexity index is 3480. The Morgan fingerprint density at radius 2 is 0.677 bits per heavy atom. The number of hydrogen-bond acceptors (Lipinski definition) is 7. The van der Waals surface area contributed by atoms with Crippen molar-refractivity contribution in [3.8, 4) is 33.4 Å². The average Bonchev–Trinajstić information content (AvgIpc) is 4.10. The molecule has 8 bridgehead atoms. The number of nitrogens with zero attached hydrogens (tertiary/aromatic N) is 4. The minimum Gasteiger partial charge on any atom is -0.354 e. The first-order valence-electron chi connectivity index (χ1n) is 16.9. The van der Waals surface area contributed by atoms with Crippen LogP contribution >= 0.6 is 0 Å². The first kappa shape index (κ1) is 43.2. The molecule has 0 atom stereocenters. The lowest BCUT2D eigenvalue weighted by atomic mass is 10.0. The molecule has 0 radical (unpaired) electrons. The van der Waals surface area contributed by atoms with E-state index in [0.29, 0.717) is 24.3 Å². The van der Waals surface area contributed by atoms with Crippen LogP contribution in [0.1, 0.15) is 11.4 Å². The maximum absolute atomic E-state index is 15.8. The van der Waals surface area contributed by atoms with Crippen LogP contribution in [0.4, 0.5) is 77.2 Å². The molecule has 1 aliphatic heterocycles. The van der Waals surface area contributed by atoms with Gasteiger partial charge in [0.05, 0.1) is 31.5 Å². The predicted molar refractivity (Wildman–Crippen MR) is 190 cm³/mol. The smallest absolute Gasteiger partial charge is 0.354 e. The van der Waals surface area contributed by atoms with E-state index in [1.54, 1.807) is 0 Å². The van der Waals surface area contributed by atoms with Crippen molar-refractivity contribution >= 4 is 56.2 Å². The van der Waals surface area contributed by atoms with Gasteiger partial charge in [0.1, 0.15) is 11.2 Å². The Hall–Kier alpha value is -8.46. The first-order chi connectivity index (χ1) is 30.5. The molecule has 5 heterocycles. The second-order valence-electron chi connectivity index (χ2n) is 13.2. The zero-order valence-corrected chi connectivity index (χ0v) is 30.3. The third-order valence-electron chi connectivity index (χ3n) is 9.83. The number of nitro groups is 3. The van der Waals surface area contributed by atoms with E-state index in [9.17, 15) is 69.9 Å². The summed E-state index contributed by atoms with van der Waals surface area (Å²) in [5, 5.41) is 37.9. The van der Waals surface area contributed by atoms with Crippen LogP contribution in [-0.2, 0) is 0 Å². The SMILES string of the molecule is O=[N+]([O-])C1=Cc2nc1c(-c1c(F)c(F)c(F)c(F)c1F)c1ccc([nH]1)c(-c1c(F)c(F)c(F)c(F)c1F)c1ccc([nH]1)c(-c1c(F)c(F)c(F)c(F)c1F)c1[nH]c2c([N+](=O)[O-])c1[N+](=O)[O-]. The number of H-pyrrole nitrogens is 3. The van der Waals surface area contributed by atoms with Gasteiger partial charge in [0.15, 0.2) is 81.0 Å². The third kappa shape index (κ3) is 6.10. The quantitative estimate of drug-likeness (QED) is 0.0486. The van der Waals surface area contributed by atoms with Gasteiger partial charge in [-0.1, -0.05) is 0 Å². The maximum Gasteiger partial charge on any atom is 0.373 e. The Morgan fingerprint density at radius 1 is 0.369 bits per heavy atom. The van der Waals surface area contributed by atoms with E-state index in [2.05, 4.69) is 15.0 Å². The summed E-state index contributed by atoms with van der Waals surface area (Å²) in [6, 6.07) is 2.03. The highest BCUT2D eigenvalue weighted by Crippen LogP contribution is 2.47. The summed E-state index contributed by atoms with van der Waals surface area (Å²) in [7, 11) is 0. The van der Waals surface area contributed by atoms with Gasteiger partial charge in [0.25, 0.3) is 5.70 Å². The summed E-state index contributed by atoms with van der Waals surface area (Å²) in [6.07, 6.45) is 0.140. The zero-order chi connectivity index (χ0) is 47.6. The number of hydrogen-bond donors (Lipinski definition) is 3. The fourth-order valence-electron chi connectivity index (χ4n) is 7.10. The minimum absolute atomic E-state index is 0.140. The molecule has 3 N–H and O–H groups in total. The molecule has 0 aliphatic carbocycles. The number of aromatic amines is 3. The van der Waals surface area contributed by atoms with Crippen LogP contribution in [0.2, 0.25) is 0 Å². The van der Waals surface area contributed by atoms with Gasteiger partial charge < -0.3 is 15.0 Å². The van der Waals surface area contributed by atoms with E-state index in [1.807, 2.05) is 4.98 Å². The van der Waals surface area contributed by atoms with Crippen LogP contribution < -0.4 is 0 Å². The van der Waals surface area contributed by atoms with Gasteiger partial charge in [-0.05, 0) is 24.3 Å². The molecule has 8 rings (SSSR count). The van der Waals surface area contributed by atoms with Crippen molar-refractivity contribution in [3.63, 3.8) is 0 Å². The Labute approximate surface area is 343 Å². The van der Waals surface area contributed by atoms with Crippen molar-refractivity contribution in [3.05, 3.63) is 153 Å². The molecular formula is C37H8F15N7O6. The van der Waals surface area contributed by atoms with Crippen LogP contribution in [0.25, 0.3) is 78.3 Å². The highest BCUT2D eigenvalue weighted by molar-refractivity contribution is 6.06. The van der Waals surface area contributed by atoms with Crippen molar-refractivity contribution in [1.29, 1.82) is 0 Å². The molecule has 0 fully saturated rings.